The maximum absolute atomic E-state index is 11.0. The van der Waals surface area contributed by atoms with Crippen molar-refractivity contribution in [3.63, 3.8) is 0 Å². The number of hydrogen-bond acceptors (Lipinski definition) is 2. The smallest absolute Gasteiger partial charge is 0.217 e. The lowest BCUT2D eigenvalue weighted by Gasteiger charge is -2.06. The topological polar surface area (TPSA) is 60.2 Å². The van der Waals surface area contributed by atoms with Crippen LogP contribution in [-0.2, 0) is 22.4 Å². The summed E-state index contributed by atoms with van der Waals surface area (Å²) in [7, 11) is 0. The van der Waals surface area contributed by atoms with Gasteiger partial charge in [-0.1, -0.05) is 24.3 Å². The minimum absolute atomic E-state index is 0.126. The zero-order chi connectivity index (χ0) is 11.3. The number of ketones is 1. The highest BCUT2D eigenvalue weighted by Gasteiger charge is 2.05. The van der Waals surface area contributed by atoms with Gasteiger partial charge in [0.15, 0.2) is 0 Å². The molecule has 0 fully saturated rings. The van der Waals surface area contributed by atoms with E-state index in [1.165, 1.54) is 0 Å². The van der Waals surface area contributed by atoms with E-state index in [2.05, 4.69) is 0 Å². The summed E-state index contributed by atoms with van der Waals surface area (Å²) in [5, 5.41) is 0. The third kappa shape index (κ3) is 3.94. The predicted molar refractivity (Wildman–Crippen MR) is 58.3 cm³/mol. The molecule has 0 atom stereocenters. The van der Waals surface area contributed by atoms with Gasteiger partial charge in [-0.3, -0.25) is 9.59 Å². The SMILES string of the molecule is CC(=O)Cc1ccccc1CCC(N)=O. The number of Topliss-reactive ketones (excluding diaryl/α,β-unsaturated/α-hetero) is 1. The molecule has 3 nitrogen and oxygen atoms in total. The maximum atomic E-state index is 11.0. The Morgan fingerprint density at radius 2 is 1.80 bits per heavy atom. The molecule has 0 bridgehead atoms. The largest absolute Gasteiger partial charge is 0.370 e. The molecule has 0 aliphatic carbocycles. The quantitative estimate of drug-likeness (QED) is 0.786. The Labute approximate surface area is 89.3 Å². The summed E-state index contributed by atoms with van der Waals surface area (Å²) in [6.45, 7) is 1.56. The van der Waals surface area contributed by atoms with Gasteiger partial charge in [-0.25, -0.2) is 0 Å². The molecule has 2 N–H and O–H groups in total. The average molecular weight is 205 g/mol. The van der Waals surface area contributed by atoms with Gasteiger partial charge in [0.2, 0.25) is 5.91 Å². The number of amides is 1. The molecule has 0 aromatic heterocycles. The molecule has 0 saturated carbocycles. The normalized spacial score (nSPS) is 9.93. The fourth-order valence-electron chi connectivity index (χ4n) is 1.50. The van der Waals surface area contributed by atoms with Gasteiger partial charge in [0.25, 0.3) is 0 Å². The van der Waals surface area contributed by atoms with Crippen molar-refractivity contribution in [3.8, 4) is 0 Å². The molecule has 0 radical (unpaired) electrons. The first kappa shape index (κ1) is 11.4. The first-order valence-electron chi connectivity index (χ1n) is 4.94. The fraction of sp³-hybridized carbons (Fsp3) is 0.333. The zero-order valence-corrected chi connectivity index (χ0v) is 8.82. The van der Waals surface area contributed by atoms with Crippen molar-refractivity contribution in [2.24, 2.45) is 5.73 Å². The minimum Gasteiger partial charge on any atom is -0.370 e. The molecule has 15 heavy (non-hydrogen) atoms. The lowest BCUT2D eigenvalue weighted by molar-refractivity contribution is -0.118. The molecule has 80 valence electrons. The molecule has 0 saturated heterocycles. The predicted octanol–water partition coefficient (Wildman–Crippen LogP) is 1.24. The van der Waals surface area contributed by atoms with Crippen LogP contribution in [0.25, 0.3) is 0 Å². The Bertz CT molecular complexity index is 372. The van der Waals surface area contributed by atoms with E-state index < -0.39 is 0 Å². The van der Waals surface area contributed by atoms with Gasteiger partial charge in [-0.15, -0.1) is 0 Å². The number of carbonyl (C=O) groups excluding carboxylic acids is 2. The van der Waals surface area contributed by atoms with Crippen molar-refractivity contribution in [1.82, 2.24) is 0 Å². The van der Waals surface area contributed by atoms with Crippen LogP contribution in [-0.4, -0.2) is 11.7 Å². The molecule has 1 rings (SSSR count). The van der Waals surface area contributed by atoms with Crippen LogP contribution in [0.4, 0.5) is 0 Å². The van der Waals surface area contributed by atoms with Crippen molar-refractivity contribution in [2.45, 2.75) is 26.2 Å². The van der Waals surface area contributed by atoms with E-state index in [1.807, 2.05) is 24.3 Å². The summed E-state index contributed by atoms with van der Waals surface area (Å²) in [6.07, 6.45) is 1.36. The van der Waals surface area contributed by atoms with E-state index >= 15 is 0 Å². The number of benzene rings is 1. The maximum Gasteiger partial charge on any atom is 0.217 e. The number of primary amides is 1. The standard InChI is InChI=1S/C12H15NO2/c1-9(14)8-11-5-3-2-4-10(11)6-7-12(13)15/h2-5H,6-8H2,1H3,(H2,13,15). The van der Waals surface area contributed by atoms with Gasteiger partial charge in [-0.2, -0.15) is 0 Å². The molecule has 0 heterocycles. The molecular weight excluding hydrogens is 190 g/mol. The Kier molecular flexibility index (Phi) is 4.03. The van der Waals surface area contributed by atoms with Gasteiger partial charge in [0.1, 0.15) is 5.78 Å². The van der Waals surface area contributed by atoms with Crippen LogP contribution in [0.2, 0.25) is 0 Å². The molecule has 0 spiro atoms. The number of carbonyl (C=O) groups is 2. The second kappa shape index (κ2) is 5.29. The second-order valence-corrected chi connectivity index (χ2v) is 3.61. The van der Waals surface area contributed by atoms with Crippen molar-refractivity contribution in [3.05, 3.63) is 35.4 Å². The first-order chi connectivity index (χ1) is 7.09. The first-order valence-corrected chi connectivity index (χ1v) is 4.94. The third-order valence-electron chi connectivity index (χ3n) is 2.20. The van der Waals surface area contributed by atoms with Crippen LogP contribution in [0.15, 0.2) is 24.3 Å². The van der Waals surface area contributed by atoms with Crippen molar-refractivity contribution >= 4 is 11.7 Å². The lowest BCUT2D eigenvalue weighted by Crippen LogP contribution is -2.12. The van der Waals surface area contributed by atoms with E-state index in [0.29, 0.717) is 19.3 Å². The number of rotatable bonds is 5. The van der Waals surface area contributed by atoms with Gasteiger partial charge in [0, 0.05) is 12.8 Å². The van der Waals surface area contributed by atoms with E-state index in [9.17, 15) is 9.59 Å². The third-order valence-corrected chi connectivity index (χ3v) is 2.20. The van der Waals surface area contributed by atoms with Crippen molar-refractivity contribution < 1.29 is 9.59 Å². The average Bonchev–Trinajstić information content (AvgIpc) is 2.15. The van der Waals surface area contributed by atoms with E-state index in [-0.39, 0.29) is 11.7 Å². The van der Waals surface area contributed by atoms with Crippen molar-refractivity contribution in [2.75, 3.05) is 0 Å². The van der Waals surface area contributed by atoms with Gasteiger partial charge in [0.05, 0.1) is 0 Å². The summed E-state index contributed by atoms with van der Waals surface area (Å²) in [5.74, 6) is -0.186. The molecule has 3 heteroatoms. The second-order valence-electron chi connectivity index (χ2n) is 3.61. The summed E-state index contributed by atoms with van der Waals surface area (Å²) in [6, 6.07) is 7.64. The Hall–Kier alpha value is -1.64. The summed E-state index contributed by atoms with van der Waals surface area (Å²) in [5.41, 5.74) is 7.11. The van der Waals surface area contributed by atoms with Crippen molar-refractivity contribution in [1.29, 1.82) is 0 Å². The summed E-state index contributed by atoms with van der Waals surface area (Å²) in [4.78, 5) is 21.7. The number of hydrogen-bond donors (Lipinski definition) is 1. The minimum atomic E-state index is -0.312. The molecule has 0 aliphatic rings. The molecule has 1 aromatic rings. The van der Waals surface area contributed by atoms with Crippen LogP contribution >= 0.6 is 0 Å². The summed E-state index contributed by atoms with van der Waals surface area (Å²) >= 11 is 0. The number of nitrogens with two attached hydrogens (primary N) is 1. The van der Waals surface area contributed by atoms with Crippen LogP contribution < -0.4 is 5.73 Å². The molecular formula is C12H15NO2. The molecule has 0 unspecified atom stereocenters. The van der Waals surface area contributed by atoms with Gasteiger partial charge >= 0.3 is 0 Å². The van der Waals surface area contributed by atoms with E-state index in [1.54, 1.807) is 6.92 Å². The monoisotopic (exact) mass is 205 g/mol. The Balaban J connectivity index is 2.76. The highest BCUT2D eigenvalue weighted by molar-refractivity contribution is 5.78. The Morgan fingerprint density at radius 3 is 2.33 bits per heavy atom. The fourth-order valence-corrected chi connectivity index (χ4v) is 1.50. The van der Waals surface area contributed by atoms with Crippen LogP contribution in [0, 0.1) is 0 Å². The number of aryl methyl sites for hydroxylation is 1. The highest BCUT2D eigenvalue weighted by atomic mass is 16.1. The van der Waals surface area contributed by atoms with Crippen LogP contribution in [0.5, 0.6) is 0 Å². The van der Waals surface area contributed by atoms with Gasteiger partial charge in [-0.05, 0) is 24.5 Å². The molecule has 1 amide bonds. The van der Waals surface area contributed by atoms with Crippen LogP contribution in [0.3, 0.4) is 0 Å². The Morgan fingerprint density at radius 1 is 1.20 bits per heavy atom. The molecule has 0 aliphatic heterocycles. The van der Waals surface area contributed by atoms with Gasteiger partial charge < -0.3 is 5.73 Å². The summed E-state index contributed by atoms with van der Waals surface area (Å²) < 4.78 is 0. The molecule has 1 aromatic carbocycles. The van der Waals surface area contributed by atoms with Crippen LogP contribution in [0.1, 0.15) is 24.5 Å². The van der Waals surface area contributed by atoms with E-state index in [0.717, 1.165) is 11.1 Å². The lowest BCUT2D eigenvalue weighted by atomic mass is 9.99. The highest BCUT2D eigenvalue weighted by Crippen LogP contribution is 2.12. The van der Waals surface area contributed by atoms with E-state index in [4.69, 9.17) is 5.73 Å². The zero-order valence-electron chi connectivity index (χ0n) is 8.82.